The van der Waals surface area contributed by atoms with Gasteiger partial charge in [0.05, 0.1) is 0 Å². The van der Waals surface area contributed by atoms with E-state index in [9.17, 15) is 0 Å². The fraction of sp³-hybridized carbons (Fsp3) is 0.538. The predicted molar refractivity (Wildman–Crippen MR) is 75.5 cm³/mol. The highest BCUT2D eigenvalue weighted by atomic mass is 32.2. The molecule has 1 aliphatic heterocycles. The number of fused-ring (bicyclic) bond motifs is 1. The number of rotatable bonds is 5. The summed E-state index contributed by atoms with van der Waals surface area (Å²) in [4.78, 5) is 1.46. The van der Waals surface area contributed by atoms with Crippen LogP contribution in [-0.4, -0.2) is 24.3 Å². The normalized spacial score (nSPS) is 20.8. The molecule has 1 aromatic rings. The van der Waals surface area contributed by atoms with Crippen LogP contribution in [0, 0.1) is 5.92 Å². The van der Waals surface area contributed by atoms with Crippen LogP contribution in [-0.2, 0) is 0 Å². The molecule has 0 bridgehead atoms. The molecule has 1 aliphatic rings. The maximum absolute atomic E-state index is 3.69. The van der Waals surface area contributed by atoms with Crippen molar-refractivity contribution in [2.45, 2.75) is 17.9 Å². The number of thioether (sulfide) groups is 2. The van der Waals surface area contributed by atoms with Gasteiger partial charge in [0, 0.05) is 16.7 Å². The summed E-state index contributed by atoms with van der Waals surface area (Å²) in [5, 5.41) is 3.69. The Morgan fingerprint density at radius 1 is 1.50 bits per heavy atom. The third-order valence-electron chi connectivity index (χ3n) is 2.86. The molecule has 1 N–H and O–H groups in total. The lowest BCUT2D eigenvalue weighted by Gasteiger charge is -2.16. The molecule has 2 unspecified atom stereocenters. The zero-order valence-corrected chi connectivity index (χ0v) is 11.5. The second kappa shape index (κ2) is 5.99. The van der Waals surface area contributed by atoms with Crippen molar-refractivity contribution in [1.82, 2.24) is 5.32 Å². The summed E-state index contributed by atoms with van der Waals surface area (Å²) in [5.74, 6) is 3.19. The average Bonchev–Trinajstić information content (AvgIpc) is 2.70. The van der Waals surface area contributed by atoms with Crippen LogP contribution in [0.2, 0.25) is 0 Å². The quantitative estimate of drug-likeness (QED) is 0.863. The van der Waals surface area contributed by atoms with Gasteiger partial charge < -0.3 is 5.32 Å². The van der Waals surface area contributed by atoms with E-state index in [0.29, 0.717) is 6.04 Å². The molecule has 88 valence electrons. The average molecular weight is 253 g/mol. The van der Waals surface area contributed by atoms with E-state index in [1.807, 2.05) is 23.5 Å². The largest absolute Gasteiger partial charge is 0.309 e. The summed E-state index contributed by atoms with van der Waals surface area (Å²) in [6, 6.07) is 9.32. The summed E-state index contributed by atoms with van der Waals surface area (Å²) >= 11 is 3.91. The molecule has 0 spiro atoms. The summed E-state index contributed by atoms with van der Waals surface area (Å²) in [6.45, 7) is 3.44. The summed E-state index contributed by atoms with van der Waals surface area (Å²) in [5.41, 5.74) is 1.49. The molecule has 16 heavy (non-hydrogen) atoms. The first-order valence-electron chi connectivity index (χ1n) is 5.75. The second-order valence-corrected chi connectivity index (χ2v) is 6.34. The topological polar surface area (TPSA) is 12.0 Å². The van der Waals surface area contributed by atoms with Gasteiger partial charge in [0.25, 0.3) is 0 Å². The van der Waals surface area contributed by atoms with Gasteiger partial charge in [-0.3, -0.25) is 0 Å². The Morgan fingerprint density at radius 2 is 2.31 bits per heavy atom. The number of hydrogen-bond donors (Lipinski definition) is 1. The third kappa shape index (κ3) is 2.96. The molecule has 0 fully saturated rings. The Hall–Kier alpha value is -0.120. The van der Waals surface area contributed by atoms with Crippen LogP contribution in [0.5, 0.6) is 0 Å². The van der Waals surface area contributed by atoms with Crippen LogP contribution in [0.3, 0.4) is 0 Å². The van der Waals surface area contributed by atoms with Crippen molar-refractivity contribution in [2.75, 3.05) is 24.3 Å². The first-order valence-corrected chi connectivity index (χ1v) is 8.13. The van der Waals surface area contributed by atoms with E-state index in [2.05, 4.69) is 42.8 Å². The Morgan fingerprint density at radius 3 is 3.12 bits per heavy atom. The monoisotopic (exact) mass is 253 g/mol. The van der Waals surface area contributed by atoms with Crippen molar-refractivity contribution < 1.29 is 0 Å². The van der Waals surface area contributed by atoms with Gasteiger partial charge in [-0.2, -0.15) is 11.8 Å². The van der Waals surface area contributed by atoms with E-state index in [0.717, 1.165) is 12.5 Å². The highest BCUT2D eigenvalue weighted by molar-refractivity contribution is 7.99. The molecule has 2 atom stereocenters. The maximum Gasteiger partial charge on any atom is 0.0426 e. The molecular formula is C13H19NS2. The van der Waals surface area contributed by atoms with E-state index in [1.165, 1.54) is 22.0 Å². The van der Waals surface area contributed by atoms with Crippen molar-refractivity contribution in [1.29, 1.82) is 0 Å². The molecule has 0 aromatic heterocycles. The SMILES string of the molecule is CSCC(C)CNC1CSc2ccccc21. The minimum Gasteiger partial charge on any atom is -0.309 e. The van der Waals surface area contributed by atoms with Crippen LogP contribution >= 0.6 is 23.5 Å². The maximum atomic E-state index is 3.69. The Kier molecular flexibility index (Phi) is 4.62. The first kappa shape index (κ1) is 12.3. The molecular weight excluding hydrogens is 234 g/mol. The van der Waals surface area contributed by atoms with Gasteiger partial charge in [-0.05, 0) is 36.1 Å². The smallest absolute Gasteiger partial charge is 0.0426 e. The molecule has 0 saturated heterocycles. The Labute approximate surface area is 107 Å². The number of benzene rings is 1. The van der Waals surface area contributed by atoms with Gasteiger partial charge >= 0.3 is 0 Å². The lowest BCUT2D eigenvalue weighted by atomic mass is 10.1. The Balaban J connectivity index is 1.88. The standard InChI is InChI=1S/C13H19NS2/c1-10(8-15-2)7-14-12-9-16-13-6-4-3-5-11(12)13/h3-6,10,12,14H,7-9H2,1-2H3. The molecule has 0 aliphatic carbocycles. The van der Waals surface area contributed by atoms with E-state index in [1.54, 1.807) is 0 Å². The molecule has 0 saturated carbocycles. The Bertz CT molecular complexity index is 340. The number of nitrogens with one attached hydrogen (secondary N) is 1. The van der Waals surface area contributed by atoms with E-state index < -0.39 is 0 Å². The van der Waals surface area contributed by atoms with Crippen LogP contribution in [0.4, 0.5) is 0 Å². The molecule has 1 nitrogen and oxygen atoms in total. The highest BCUT2D eigenvalue weighted by Gasteiger charge is 2.22. The van der Waals surface area contributed by atoms with Crippen LogP contribution < -0.4 is 5.32 Å². The fourth-order valence-corrected chi connectivity index (χ4v) is 3.90. The van der Waals surface area contributed by atoms with Crippen molar-refractivity contribution in [3.8, 4) is 0 Å². The lowest BCUT2D eigenvalue weighted by molar-refractivity contribution is 0.506. The van der Waals surface area contributed by atoms with Gasteiger partial charge in [0.15, 0.2) is 0 Å². The minimum atomic E-state index is 0.561. The minimum absolute atomic E-state index is 0.561. The summed E-state index contributed by atoms with van der Waals surface area (Å²) in [6.07, 6.45) is 2.18. The summed E-state index contributed by atoms with van der Waals surface area (Å²) < 4.78 is 0. The zero-order valence-electron chi connectivity index (χ0n) is 9.90. The lowest BCUT2D eigenvalue weighted by Crippen LogP contribution is -2.27. The molecule has 3 heteroatoms. The molecule has 1 heterocycles. The fourth-order valence-electron chi connectivity index (χ4n) is 2.02. The zero-order chi connectivity index (χ0) is 11.4. The van der Waals surface area contributed by atoms with Gasteiger partial charge in [-0.15, -0.1) is 11.8 Å². The van der Waals surface area contributed by atoms with Crippen LogP contribution in [0.15, 0.2) is 29.2 Å². The third-order valence-corrected chi connectivity index (χ3v) is 4.95. The van der Waals surface area contributed by atoms with Gasteiger partial charge in [-0.25, -0.2) is 0 Å². The molecule has 1 aromatic carbocycles. The van der Waals surface area contributed by atoms with E-state index in [4.69, 9.17) is 0 Å². The van der Waals surface area contributed by atoms with Crippen molar-refractivity contribution in [2.24, 2.45) is 5.92 Å². The van der Waals surface area contributed by atoms with Gasteiger partial charge in [-0.1, -0.05) is 25.1 Å². The van der Waals surface area contributed by atoms with Gasteiger partial charge in [0.1, 0.15) is 0 Å². The molecule has 0 radical (unpaired) electrons. The molecule has 0 amide bonds. The summed E-state index contributed by atoms with van der Waals surface area (Å²) in [7, 11) is 0. The van der Waals surface area contributed by atoms with E-state index >= 15 is 0 Å². The number of hydrogen-bond acceptors (Lipinski definition) is 3. The van der Waals surface area contributed by atoms with E-state index in [-0.39, 0.29) is 0 Å². The molecule has 2 rings (SSSR count). The predicted octanol–water partition coefficient (Wildman–Crippen LogP) is 3.42. The van der Waals surface area contributed by atoms with Crippen LogP contribution in [0.1, 0.15) is 18.5 Å². The highest BCUT2D eigenvalue weighted by Crippen LogP contribution is 2.37. The van der Waals surface area contributed by atoms with Crippen molar-refractivity contribution >= 4 is 23.5 Å². The van der Waals surface area contributed by atoms with Crippen molar-refractivity contribution in [3.63, 3.8) is 0 Å². The van der Waals surface area contributed by atoms with Crippen LogP contribution in [0.25, 0.3) is 0 Å². The van der Waals surface area contributed by atoms with Crippen molar-refractivity contribution in [3.05, 3.63) is 29.8 Å². The first-order chi connectivity index (χ1) is 7.81. The second-order valence-electron chi connectivity index (χ2n) is 4.37. The van der Waals surface area contributed by atoms with Gasteiger partial charge in [0.2, 0.25) is 0 Å².